The van der Waals surface area contributed by atoms with Gasteiger partial charge < -0.3 is 4.74 Å². The highest BCUT2D eigenvalue weighted by Crippen LogP contribution is 2.59. The number of alkyl halides is 9. The largest absolute Gasteiger partial charge is 0.497 e. The molecule has 1 aromatic rings. The Balaban J connectivity index is 3.35. The second kappa shape index (κ2) is 7.16. The van der Waals surface area contributed by atoms with Crippen LogP contribution in [-0.4, -0.2) is 51.3 Å². The second-order valence-corrected chi connectivity index (χ2v) is 10.5. The molecular weight excluding hydrogens is 455 g/mol. The van der Waals surface area contributed by atoms with Crippen molar-refractivity contribution in [2.75, 3.05) is 19.6 Å². The van der Waals surface area contributed by atoms with Crippen molar-refractivity contribution in [2.24, 2.45) is 0 Å². The van der Waals surface area contributed by atoms with Crippen molar-refractivity contribution in [3.63, 3.8) is 0 Å². The fourth-order valence-electron chi connectivity index (χ4n) is 1.73. The number of ether oxygens (including phenoxy) is 1. The van der Waals surface area contributed by atoms with E-state index in [0.717, 1.165) is 24.6 Å². The van der Waals surface area contributed by atoms with Gasteiger partial charge in [0.2, 0.25) is 0 Å². The first-order valence-corrected chi connectivity index (χ1v) is 10.6. The molecule has 4 nitrogen and oxygen atoms in total. The molecular formula is C13H13F9O4S2. The SMILES string of the molecule is COc1ccc(S(C)(C)OS(=O)(=O)C(F)(F)C(F)(F)C(F)(F)C(F)(F)F)cc1. The molecule has 1 rings (SSSR count). The van der Waals surface area contributed by atoms with Crippen LogP contribution in [0, 0.1) is 0 Å². The predicted octanol–water partition coefficient (Wildman–Crippen LogP) is 4.81. The molecule has 0 N–H and O–H groups in total. The Morgan fingerprint density at radius 1 is 0.786 bits per heavy atom. The third-order valence-corrected chi connectivity index (χ3v) is 7.69. The van der Waals surface area contributed by atoms with E-state index < -0.39 is 43.7 Å². The minimum atomic E-state index is -7.35. The summed E-state index contributed by atoms with van der Waals surface area (Å²) in [5.74, 6) is -14.4. The summed E-state index contributed by atoms with van der Waals surface area (Å²) in [4.78, 5) is -0.126. The van der Waals surface area contributed by atoms with E-state index in [1.165, 1.54) is 19.2 Å². The molecule has 0 heterocycles. The fraction of sp³-hybridized carbons (Fsp3) is 0.538. The Bertz CT molecular complexity index is 802. The van der Waals surface area contributed by atoms with Crippen LogP contribution in [0.4, 0.5) is 39.5 Å². The molecule has 164 valence electrons. The summed E-state index contributed by atoms with van der Waals surface area (Å²) in [7, 11) is -9.03. The Morgan fingerprint density at radius 2 is 1.21 bits per heavy atom. The van der Waals surface area contributed by atoms with Crippen LogP contribution >= 0.6 is 10.3 Å². The molecule has 0 amide bonds. The molecule has 0 unspecified atom stereocenters. The van der Waals surface area contributed by atoms with E-state index in [9.17, 15) is 47.9 Å². The van der Waals surface area contributed by atoms with Gasteiger partial charge in [-0.2, -0.15) is 47.9 Å². The highest BCUT2D eigenvalue weighted by atomic mass is 32.3. The fourth-order valence-corrected chi connectivity index (χ4v) is 5.41. The van der Waals surface area contributed by atoms with Gasteiger partial charge in [-0.1, -0.05) is 10.3 Å². The van der Waals surface area contributed by atoms with E-state index in [1.54, 1.807) is 0 Å². The lowest BCUT2D eigenvalue weighted by atomic mass is 10.1. The van der Waals surface area contributed by atoms with Gasteiger partial charge in [-0.15, -0.1) is 0 Å². The molecule has 0 spiro atoms. The summed E-state index contributed by atoms with van der Waals surface area (Å²) >= 11 is 0. The summed E-state index contributed by atoms with van der Waals surface area (Å²) in [6, 6.07) is 4.68. The van der Waals surface area contributed by atoms with Gasteiger partial charge in [-0.3, -0.25) is 0 Å². The maximum atomic E-state index is 13.7. The van der Waals surface area contributed by atoms with Gasteiger partial charge in [0.1, 0.15) is 5.75 Å². The van der Waals surface area contributed by atoms with Crippen LogP contribution < -0.4 is 4.74 Å². The van der Waals surface area contributed by atoms with Crippen LogP contribution in [0.3, 0.4) is 0 Å². The summed E-state index contributed by atoms with van der Waals surface area (Å²) in [5.41, 5.74) is 0. The van der Waals surface area contributed by atoms with Crippen LogP contribution in [0.25, 0.3) is 0 Å². The van der Waals surface area contributed by atoms with Crippen molar-refractivity contribution in [3.8, 4) is 5.75 Å². The van der Waals surface area contributed by atoms with Gasteiger partial charge in [0.15, 0.2) is 0 Å². The molecule has 28 heavy (non-hydrogen) atoms. The monoisotopic (exact) mass is 468 g/mol. The van der Waals surface area contributed by atoms with Crippen molar-refractivity contribution in [1.82, 2.24) is 0 Å². The maximum Gasteiger partial charge on any atom is 0.460 e. The molecule has 0 aliphatic heterocycles. The van der Waals surface area contributed by atoms with Crippen molar-refractivity contribution < 1.29 is 56.3 Å². The molecule has 15 heteroatoms. The average molecular weight is 468 g/mol. The van der Waals surface area contributed by atoms with Gasteiger partial charge in [0.25, 0.3) is 0 Å². The molecule has 0 saturated heterocycles. The number of hydrogen-bond acceptors (Lipinski definition) is 4. The van der Waals surface area contributed by atoms with E-state index in [0.29, 0.717) is 0 Å². The summed E-state index contributed by atoms with van der Waals surface area (Å²) in [6.07, 6.45) is -5.39. The maximum absolute atomic E-state index is 13.7. The summed E-state index contributed by atoms with van der Waals surface area (Å²) in [6.45, 7) is 0. The first-order valence-electron chi connectivity index (χ1n) is 6.78. The minimum Gasteiger partial charge on any atom is -0.497 e. The summed E-state index contributed by atoms with van der Waals surface area (Å²) < 4.78 is 148. The zero-order valence-electron chi connectivity index (χ0n) is 14.2. The van der Waals surface area contributed by atoms with Gasteiger partial charge >= 0.3 is 33.4 Å². The zero-order valence-corrected chi connectivity index (χ0v) is 15.8. The molecule has 0 aromatic heterocycles. The first kappa shape index (κ1) is 24.7. The number of hydrogen-bond donors (Lipinski definition) is 0. The van der Waals surface area contributed by atoms with Gasteiger partial charge in [0.05, 0.1) is 7.11 Å². The molecule has 0 fully saturated rings. The topological polar surface area (TPSA) is 52.6 Å². The van der Waals surface area contributed by atoms with E-state index in [-0.39, 0.29) is 10.6 Å². The minimum absolute atomic E-state index is 0.126. The van der Waals surface area contributed by atoms with Crippen LogP contribution in [0.5, 0.6) is 5.75 Å². The third kappa shape index (κ3) is 4.01. The second-order valence-electron chi connectivity index (χ2n) is 5.59. The van der Waals surface area contributed by atoms with Gasteiger partial charge in [-0.05, 0) is 36.8 Å². The van der Waals surface area contributed by atoms with Crippen LogP contribution in [0.15, 0.2) is 29.2 Å². The molecule has 0 aliphatic carbocycles. The van der Waals surface area contributed by atoms with Crippen LogP contribution in [0.1, 0.15) is 0 Å². The van der Waals surface area contributed by atoms with Gasteiger partial charge in [0, 0.05) is 4.90 Å². The summed E-state index contributed by atoms with van der Waals surface area (Å²) in [5, 5.41) is -6.89. The molecule has 0 saturated carbocycles. The quantitative estimate of drug-likeness (QED) is 0.540. The molecule has 0 radical (unpaired) electrons. The Hall–Kier alpha value is -1.35. The van der Waals surface area contributed by atoms with E-state index in [1.807, 2.05) is 0 Å². The van der Waals surface area contributed by atoms with Crippen molar-refractivity contribution in [2.45, 2.75) is 28.2 Å². The zero-order chi connectivity index (χ0) is 22.4. The Morgan fingerprint density at radius 3 is 1.57 bits per heavy atom. The van der Waals surface area contributed by atoms with E-state index in [4.69, 9.17) is 4.74 Å². The smallest absolute Gasteiger partial charge is 0.460 e. The van der Waals surface area contributed by atoms with Crippen molar-refractivity contribution >= 4 is 20.4 Å². The number of halogens is 9. The molecule has 0 atom stereocenters. The lowest BCUT2D eigenvalue weighted by Gasteiger charge is -2.36. The average Bonchev–Trinajstić information content (AvgIpc) is 2.52. The van der Waals surface area contributed by atoms with E-state index >= 15 is 0 Å². The van der Waals surface area contributed by atoms with Crippen LogP contribution in [-0.2, 0) is 13.7 Å². The molecule has 0 bridgehead atoms. The molecule has 0 aliphatic rings. The highest BCUT2D eigenvalue weighted by molar-refractivity contribution is 8.32. The number of methoxy groups -OCH3 is 1. The lowest BCUT2D eigenvalue weighted by molar-refractivity contribution is -0.382. The van der Waals surface area contributed by atoms with E-state index in [2.05, 4.69) is 3.63 Å². The predicted molar refractivity (Wildman–Crippen MR) is 81.6 cm³/mol. The van der Waals surface area contributed by atoms with Crippen LogP contribution in [0.2, 0.25) is 0 Å². The number of rotatable bonds is 7. The van der Waals surface area contributed by atoms with Crippen molar-refractivity contribution in [3.05, 3.63) is 24.3 Å². The third-order valence-electron chi connectivity index (χ3n) is 3.32. The normalized spacial score (nSPS) is 15.4. The van der Waals surface area contributed by atoms with Crippen molar-refractivity contribution in [1.29, 1.82) is 0 Å². The highest BCUT2D eigenvalue weighted by Gasteiger charge is 2.86. The number of benzene rings is 1. The lowest BCUT2D eigenvalue weighted by Crippen LogP contribution is -2.63. The standard InChI is InChI=1S/C13H13F9O4S2/c1-25-8-4-6-9(7-5-8)27(2,3)26-28(23,24)13(21,22)11(16,17)10(14,15)12(18,19)20/h4-7H,1-3H3. The molecule has 1 aromatic carbocycles. The Kier molecular flexibility index (Phi) is 6.31. The Labute approximate surface area is 155 Å². The van der Waals surface area contributed by atoms with Gasteiger partial charge in [-0.25, -0.2) is 3.63 Å². The first-order chi connectivity index (χ1) is 12.2.